The minimum Gasteiger partial charge on any atom is -0.497 e. The van der Waals surface area contributed by atoms with Crippen molar-refractivity contribution in [3.63, 3.8) is 0 Å². The summed E-state index contributed by atoms with van der Waals surface area (Å²) in [6.45, 7) is -0.524. The maximum atomic E-state index is 13.1. The summed E-state index contributed by atoms with van der Waals surface area (Å²) in [7, 11) is 1.56. The smallest absolute Gasteiger partial charge is 0.249 e. The van der Waals surface area contributed by atoms with E-state index in [0.717, 1.165) is 11.1 Å². The van der Waals surface area contributed by atoms with Crippen molar-refractivity contribution in [3.05, 3.63) is 96.1 Å². The Morgan fingerprint density at radius 2 is 1.37 bits per heavy atom. The lowest BCUT2D eigenvalue weighted by molar-refractivity contribution is -0.127. The Morgan fingerprint density at radius 1 is 0.833 bits per heavy atom. The lowest BCUT2D eigenvalue weighted by Crippen LogP contribution is -2.47. The number of carbonyl (C=O) groups excluding carboxylic acids is 2. The van der Waals surface area contributed by atoms with Gasteiger partial charge >= 0.3 is 0 Å². The molecule has 0 fully saturated rings. The van der Waals surface area contributed by atoms with Gasteiger partial charge in [-0.25, -0.2) is 0 Å². The molecule has 3 aromatic rings. The number of anilines is 1. The van der Waals surface area contributed by atoms with E-state index in [2.05, 4.69) is 10.6 Å². The molecule has 0 unspecified atom stereocenters. The molecule has 6 heteroatoms. The Hall–Kier alpha value is -3.64. The lowest BCUT2D eigenvalue weighted by Gasteiger charge is -2.22. The summed E-state index contributed by atoms with van der Waals surface area (Å²) in [5, 5.41) is 15.1. The Balaban J connectivity index is 1.76. The van der Waals surface area contributed by atoms with E-state index in [1.165, 1.54) is 0 Å². The van der Waals surface area contributed by atoms with Crippen LogP contribution in [0.25, 0.3) is 0 Å². The van der Waals surface area contributed by atoms with Crippen LogP contribution in [0.5, 0.6) is 5.75 Å². The van der Waals surface area contributed by atoms with Gasteiger partial charge < -0.3 is 20.5 Å². The van der Waals surface area contributed by atoms with Crippen LogP contribution in [-0.2, 0) is 9.59 Å². The number of aliphatic hydroxyl groups excluding tert-OH is 1. The van der Waals surface area contributed by atoms with Crippen LogP contribution >= 0.6 is 0 Å². The van der Waals surface area contributed by atoms with E-state index >= 15 is 0 Å². The Bertz CT molecular complexity index is 920. The molecule has 0 radical (unpaired) electrons. The van der Waals surface area contributed by atoms with Gasteiger partial charge in [0.05, 0.1) is 19.6 Å². The molecule has 0 heterocycles. The second kappa shape index (κ2) is 10.2. The standard InChI is InChI=1S/C24H24N2O4/c1-30-20-14-12-19(13-15-20)25-23(28)21(16-27)26-24(29)22(17-8-4-2-5-9-17)18-10-6-3-7-11-18/h2-15,21-22,27H,16H2,1H3,(H,25,28)(H,26,29)/t21-/m0/s1. The maximum Gasteiger partial charge on any atom is 0.249 e. The molecule has 1 atom stereocenters. The number of ether oxygens (including phenoxy) is 1. The number of carbonyl (C=O) groups is 2. The molecule has 154 valence electrons. The number of hydrogen-bond donors (Lipinski definition) is 3. The number of methoxy groups -OCH3 is 1. The third-order valence-electron chi connectivity index (χ3n) is 4.70. The number of hydrogen-bond acceptors (Lipinski definition) is 4. The first-order valence-corrected chi connectivity index (χ1v) is 9.58. The highest BCUT2D eigenvalue weighted by Crippen LogP contribution is 2.25. The third kappa shape index (κ3) is 5.24. The van der Waals surface area contributed by atoms with Crippen molar-refractivity contribution in [3.8, 4) is 5.75 Å². The van der Waals surface area contributed by atoms with Crippen molar-refractivity contribution in [1.82, 2.24) is 5.32 Å². The second-order valence-electron chi connectivity index (χ2n) is 6.72. The average molecular weight is 404 g/mol. The maximum absolute atomic E-state index is 13.1. The first-order chi connectivity index (χ1) is 14.6. The molecule has 0 aliphatic carbocycles. The van der Waals surface area contributed by atoms with E-state index in [1.54, 1.807) is 31.4 Å². The zero-order chi connectivity index (χ0) is 21.3. The van der Waals surface area contributed by atoms with Crippen molar-refractivity contribution in [2.24, 2.45) is 0 Å². The van der Waals surface area contributed by atoms with Crippen molar-refractivity contribution in [2.75, 3.05) is 19.0 Å². The van der Waals surface area contributed by atoms with Crippen molar-refractivity contribution in [2.45, 2.75) is 12.0 Å². The van der Waals surface area contributed by atoms with Crippen LogP contribution in [0.3, 0.4) is 0 Å². The van der Waals surface area contributed by atoms with Crippen LogP contribution in [0.4, 0.5) is 5.69 Å². The van der Waals surface area contributed by atoms with Crippen LogP contribution in [0.1, 0.15) is 17.0 Å². The molecule has 30 heavy (non-hydrogen) atoms. The van der Waals surface area contributed by atoms with E-state index < -0.39 is 24.5 Å². The molecule has 3 aromatic carbocycles. The number of nitrogens with one attached hydrogen (secondary N) is 2. The molecule has 6 nitrogen and oxygen atoms in total. The fourth-order valence-corrected chi connectivity index (χ4v) is 3.14. The molecule has 0 aliphatic rings. The molecule has 2 amide bonds. The predicted octanol–water partition coefficient (Wildman–Crippen LogP) is 2.94. The van der Waals surface area contributed by atoms with E-state index in [9.17, 15) is 14.7 Å². The van der Waals surface area contributed by atoms with Gasteiger partial charge in [-0.15, -0.1) is 0 Å². The summed E-state index contributed by atoms with van der Waals surface area (Å²) in [6.07, 6.45) is 0. The summed E-state index contributed by atoms with van der Waals surface area (Å²) < 4.78 is 5.10. The summed E-state index contributed by atoms with van der Waals surface area (Å²) in [5.41, 5.74) is 2.14. The van der Waals surface area contributed by atoms with E-state index in [1.807, 2.05) is 60.7 Å². The quantitative estimate of drug-likeness (QED) is 0.539. The predicted molar refractivity (Wildman–Crippen MR) is 115 cm³/mol. The minimum atomic E-state index is -1.09. The monoisotopic (exact) mass is 404 g/mol. The van der Waals surface area contributed by atoms with Crippen LogP contribution in [0.2, 0.25) is 0 Å². The second-order valence-corrected chi connectivity index (χ2v) is 6.72. The molecule has 3 N–H and O–H groups in total. The van der Waals surface area contributed by atoms with E-state index in [4.69, 9.17) is 4.74 Å². The largest absolute Gasteiger partial charge is 0.497 e. The highest BCUT2D eigenvalue weighted by molar-refractivity contribution is 5.98. The highest BCUT2D eigenvalue weighted by Gasteiger charge is 2.27. The fourth-order valence-electron chi connectivity index (χ4n) is 3.14. The fraction of sp³-hybridized carbons (Fsp3) is 0.167. The molecular formula is C24H24N2O4. The zero-order valence-electron chi connectivity index (χ0n) is 16.6. The van der Waals surface area contributed by atoms with Crippen LogP contribution in [0.15, 0.2) is 84.9 Å². The van der Waals surface area contributed by atoms with Crippen molar-refractivity contribution >= 4 is 17.5 Å². The Kier molecular flexibility index (Phi) is 7.19. The summed E-state index contributed by atoms with van der Waals surface area (Å²) in [5.74, 6) is -0.809. The van der Waals surface area contributed by atoms with Crippen molar-refractivity contribution in [1.29, 1.82) is 0 Å². The zero-order valence-corrected chi connectivity index (χ0v) is 16.6. The van der Waals surface area contributed by atoms with Crippen LogP contribution in [-0.4, -0.2) is 36.7 Å². The van der Waals surface area contributed by atoms with Gasteiger partial charge in [0.25, 0.3) is 0 Å². The number of benzene rings is 3. The number of rotatable bonds is 8. The lowest BCUT2D eigenvalue weighted by atomic mass is 9.90. The molecule has 0 saturated heterocycles. The van der Waals surface area contributed by atoms with Gasteiger partial charge in [-0.05, 0) is 35.4 Å². The molecule has 0 spiro atoms. The Morgan fingerprint density at radius 3 is 1.83 bits per heavy atom. The topological polar surface area (TPSA) is 87.7 Å². The molecular weight excluding hydrogens is 380 g/mol. The molecule has 0 saturated carbocycles. The molecule has 0 aliphatic heterocycles. The first kappa shape index (κ1) is 21.1. The number of amides is 2. The van der Waals surface area contributed by atoms with Gasteiger partial charge in [0.15, 0.2) is 0 Å². The van der Waals surface area contributed by atoms with Crippen LogP contribution in [0, 0.1) is 0 Å². The number of aliphatic hydroxyl groups is 1. The normalized spacial score (nSPS) is 11.6. The van der Waals surface area contributed by atoms with E-state index in [-0.39, 0.29) is 5.91 Å². The van der Waals surface area contributed by atoms with Gasteiger partial charge in [0.1, 0.15) is 11.8 Å². The van der Waals surface area contributed by atoms with Gasteiger partial charge in [-0.1, -0.05) is 60.7 Å². The molecule has 3 rings (SSSR count). The van der Waals surface area contributed by atoms with E-state index in [0.29, 0.717) is 11.4 Å². The summed E-state index contributed by atoms with van der Waals surface area (Å²) in [4.78, 5) is 25.7. The average Bonchev–Trinajstić information content (AvgIpc) is 2.79. The Labute approximate surface area is 175 Å². The molecule has 0 aromatic heterocycles. The highest BCUT2D eigenvalue weighted by atomic mass is 16.5. The van der Waals surface area contributed by atoms with Gasteiger partial charge in [-0.2, -0.15) is 0 Å². The minimum absolute atomic E-state index is 0.365. The van der Waals surface area contributed by atoms with Crippen LogP contribution < -0.4 is 15.4 Å². The van der Waals surface area contributed by atoms with Gasteiger partial charge in [0.2, 0.25) is 11.8 Å². The first-order valence-electron chi connectivity index (χ1n) is 9.58. The van der Waals surface area contributed by atoms with Gasteiger partial charge in [0, 0.05) is 5.69 Å². The third-order valence-corrected chi connectivity index (χ3v) is 4.70. The van der Waals surface area contributed by atoms with Gasteiger partial charge in [-0.3, -0.25) is 9.59 Å². The summed E-state index contributed by atoms with van der Waals surface area (Å²) in [6, 6.07) is 24.4. The summed E-state index contributed by atoms with van der Waals surface area (Å²) >= 11 is 0. The molecule has 0 bridgehead atoms. The van der Waals surface area contributed by atoms with Crippen molar-refractivity contribution < 1.29 is 19.4 Å². The SMILES string of the molecule is COc1ccc(NC(=O)[C@H](CO)NC(=O)C(c2ccccc2)c2ccccc2)cc1.